The second kappa shape index (κ2) is 6.06. The van der Waals surface area contributed by atoms with E-state index in [0.717, 1.165) is 23.5 Å². The second-order valence-corrected chi connectivity index (χ2v) is 6.08. The Balaban J connectivity index is 1.97. The molecule has 0 spiro atoms. The van der Waals surface area contributed by atoms with Gasteiger partial charge in [-0.15, -0.1) is 5.10 Å². The quantitative estimate of drug-likeness (QED) is 0.495. The van der Waals surface area contributed by atoms with Crippen LogP contribution in [0.15, 0.2) is 67.4 Å². The summed E-state index contributed by atoms with van der Waals surface area (Å²) in [5.74, 6) is 0. The molecule has 0 radical (unpaired) electrons. The number of allylic oxidation sites excluding steroid dienone is 3. The standard InChI is InChI=1S/C21H20N4/c1-4-8-15(3)21-14-22-23-25(21)16-11-12-20-18(13-16)17-9-6-7-10-19(17)24(20)5-2/h4,6-14H,1,5H2,2-3H3/b15-8+. The highest BCUT2D eigenvalue weighted by molar-refractivity contribution is 6.08. The summed E-state index contributed by atoms with van der Waals surface area (Å²) in [7, 11) is 0. The molecular weight excluding hydrogens is 308 g/mol. The summed E-state index contributed by atoms with van der Waals surface area (Å²) in [5, 5.41) is 10.9. The molecule has 0 aliphatic heterocycles. The van der Waals surface area contributed by atoms with Crippen molar-refractivity contribution >= 4 is 27.4 Å². The maximum absolute atomic E-state index is 4.29. The van der Waals surface area contributed by atoms with Crippen LogP contribution in [0.25, 0.3) is 33.1 Å². The lowest BCUT2D eigenvalue weighted by atomic mass is 10.1. The average Bonchev–Trinajstić information content (AvgIpc) is 3.24. The lowest BCUT2D eigenvalue weighted by Gasteiger charge is -2.07. The smallest absolute Gasteiger partial charge is 0.0901 e. The van der Waals surface area contributed by atoms with Gasteiger partial charge in [-0.3, -0.25) is 0 Å². The van der Waals surface area contributed by atoms with Crippen molar-refractivity contribution in [1.29, 1.82) is 0 Å². The van der Waals surface area contributed by atoms with Crippen molar-refractivity contribution < 1.29 is 0 Å². The molecule has 0 unspecified atom stereocenters. The van der Waals surface area contributed by atoms with Crippen molar-refractivity contribution in [2.75, 3.05) is 0 Å². The Labute approximate surface area is 146 Å². The molecule has 4 heteroatoms. The van der Waals surface area contributed by atoms with E-state index in [9.17, 15) is 0 Å². The zero-order chi connectivity index (χ0) is 17.4. The van der Waals surface area contributed by atoms with Gasteiger partial charge in [0.25, 0.3) is 0 Å². The van der Waals surface area contributed by atoms with Crippen LogP contribution >= 0.6 is 0 Å². The third-order valence-electron chi connectivity index (χ3n) is 4.64. The van der Waals surface area contributed by atoms with E-state index in [-0.39, 0.29) is 0 Å². The van der Waals surface area contributed by atoms with Crippen molar-refractivity contribution in [1.82, 2.24) is 19.6 Å². The first-order valence-electron chi connectivity index (χ1n) is 8.46. The van der Waals surface area contributed by atoms with Gasteiger partial charge in [-0.1, -0.05) is 42.1 Å². The predicted molar refractivity (Wildman–Crippen MR) is 104 cm³/mol. The van der Waals surface area contributed by atoms with Crippen molar-refractivity contribution in [3.8, 4) is 5.69 Å². The molecule has 4 nitrogen and oxygen atoms in total. The molecule has 0 atom stereocenters. The van der Waals surface area contributed by atoms with E-state index in [1.807, 2.05) is 17.7 Å². The number of aryl methyl sites for hydroxylation is 1. The Morgan fingerprint density at radius 1 is 1.12 bits per heavy atom. The summed E-state index contributed by atoms with van der Waals surface area (Å²) in [6, 6.07) is 15.0. The van der Waals surface area contributed by atoms with Crippen LogP contribution in [0, 0.1) is 0 Å². The Hall–Kier alpha value is -3.14. The van der Waals surface area contributed by atoms with E-state index in [2.05, 4.69) is 70.8 Å². The van der Waals surface area contributed by atoms with Crippen LogP contribution in [0.1, 0.15) is 19.5 Å². The molecule has 2 heterocycles. The van der Waals surface area contributed by atoms with Crippen LogP contribution in [0.4, 0.5) is 0 Å². The SMILES string of the molecule is C=C/C=C(\C)c1cnnn1-c1ccc2c(c1)c1ccccc1n2CC. The van der Waals surface area contributed by atoms with Crippen molar-refractivity contribution in [2.24, 2.45) is 0 Å². The van der Waals surface area contributed by atoms with Crippen LogP contribution < -0.4 is 0 Å². The largest absolute Gasteiger partial charge is 0.341 e. The van der Waals surface area contributed by atoms with Gasteiger partial charge in [-0.05, 0) is 43.7 Å². The van der Waals surface area contributed by atoms with Crippen LogP contribution in [-0.4, -0.2) is 19.6 Å². The maximum Gasteiger partial charge on any atom is 0.0901 e. The number of nitrogens with zero attached hydrogens (tertiary/aromatic N) is 4. The number of para-hydroxylation sites is 1. The van der Waals surface area contributed by atoms with Gasteiger partial charge in [0.1, 0.15) is 0 Å². The van der Waals surface area contributed by atoms with Gasteiger partial charge in [-0.25, -0.2) is 4.68 Å². The molecule has 0 bridgehead atoms. The minimum Gasteiger partial charge on any atom is -0.341 e. The number of aromatic nitrogens is 4. The minimum absolute atomic E-state index is 0.944. The summed E-state index contributed by atoms with van der Waals surface area (Å²) in [4.78, 5) is 0. The van der Waals surface area contributed by atoms with E-state index < -0.39 is 0 Å². The molecule has 124 valence electrons. The van der Waals surface area contributed by atoms with E-state index in [1.54, 1.807) is 12.3 Å². The van der Waals surface area contributed by atoms with Gasteiger partial charge in [0, 0.05) is 28.4 Å². The number of hydrogen-bond donors (Lipinski definition) is 0. The monoisotopic (exact) mass is 328 g/mol. The Morgan fingerprint density at radius 3 is 2.72 bits per heavy atom. The fraction of sp³-hybridized carbons (Fsp3) is 0.143. The first-order chi connectivity index (χ1) is 12.2. The molecular formula is C21H20N4. The van der Waals surface area contributed by atoms with Gasteiger partial charge in [-0.2, -0.15) is 0 Å². The van der Waals surface area contributed by atoms with Crippen molar-refractivity contribution in [2.45, 2.75) is 20.4 Å². The third kappa shape index (κ3) is 2.38. The van der Waals surface area contributed by atoms with Gasteiger partial charge >= 0.3 is 0 Å². The van der Waals surface area contributed by atoms with E-state index >= 15 is 0 Å². The topological polar surface area (TPSA) is 35.6 Å². The maximum atomic E-state index is 4.29. The number of hydrogen-bond acceptors (Lipinski definition) is 2. The zero-order valence-electron chi connectivity index (χ0n) is 14.5. The summed E-state index contributed by atoms with van der Waals surface area (Å²) < 4.78 is 4.23. The van der Waals surface area contributed by atoms with Gasteiger partial charge in [0.15, 0.2) is 0 Å². The summed E-state index contributed by atoms with van der Waals surface area (Å²) in [5.41, 5.74) is 5.57. The Bertz CT molecular complexity index is 1110. The highest BCUT2D eigenvalue weighted by Gasteiger charge is 2.13. The molecule has 2 aromatic carbocycles. The number of rotatable bonds is 4. The van der Waals surface area contributed by atoms with Gasteiger partial charge in [0.05, 0.1) is 17.6 Å². The molecule has 0 aliphatic carbocycles. The lowest BCUT2D eigenvalue weighted by molar-refractivity contribution is 0.795. The molecule has 0 saturated carbocycles. The lowest BCUT2D eigenvalue weighted by Crippen LogP contribution is -2.01. The van der Waals surface area contributed by atoms with Crippen LogP contribution in [0.5, 0.6) is 0 Å². The number of benzene rings is 2. The van der Waals surface area contributed by atoms with Gasteiger partial charge in [0.2, 0.25) is 0 Å². The predicted octanol–water partition coefficient (Wildman–Crippen LogP) is 4.98. The molecule has 0 aliphatic rings. The molecule has 25 heavy (non-hydrogen) atoms. The molecule has 4 rings (SSSR count). The average molecular weight is 328 g/mol. The van der Waals surface area contributed by atoms with E-state index in [1.165, 1.54) is 21.8 Å². The molecule has 2 aromatic heterocycles. The number of fused-ring (bicyclic) bond motifs is 3. The van der Waals surface area contributed by atoms with E-state index in [0.29, 0.717) is 0 Å². The van der Waals surface area contributed by atoms with Crippen LogP contribution in [0.3, 0.4) is 0 Å². The fourth-order valence-electron chi connectivity index (χ4n) is 3.47. The molecule has 0 saturated heterocycles. The second-order valence-electron chi connectivity index (χ2n) is 6.08. The molecule has 0 N–H and O–H groups in total. The molecule has 0 amide bonds. The Kier molecular flexibility index (Phi) is 3.73. The zero-order valence-corrected chi connectivity index (χ0v) is 14.5. The highest BCUT2D eigenvalue weighted by Crippen LogP contribution is 2.31. The van der Waals surface area contributed by atoms with Crippen LogP contribution in [-0.2, 0) is 6.54 Å². The van der Waals surface area contributed by atoms with Crippen molar-refractivity contribution in [3.05, 3.63) is 73.1 Å². The summed E-state index contributed by atoms with van der Waals surface area (Å²) in [6.07, 6.45) is 5.54. The summed E-state index contributed by atoms with van der Waals surface area (Å²) in [6.45, 7) is 8.93. The van der Waals surface area contributed by atoms with Crippen LogP contribution in [0.2, 0.25) is 0 Å². The molecule has 0 fully saturated rings. The minimum atomic E-state index is 0.944. The first-order valence-corrected chi connectivity index (χ1v) is 8.46. The third-order valence-corrected chi connectivity index (χ3v) is 4.64. The van der Waals surface area contributed by atoms with Gasteiger partial charge < -0.3 is 4.57 Å². The fourth-order valence-corrected chi connectivity index (χ4v) is 3.47. The highest BCUT2D eigenvalue weighted by atomic mass is 15.4. The van der Waals surface area contributed by atoms with Crippen molar-refractivity contribution in [3.63, 3.8) is 0 Å². The summed E-state index contributed by atoms with van der Waals surface area (Å²) >= 11 is 0. The Morgan fingerprint density at radius 2 is 1.92 bits per heavy atom. The normalized spacial score (nSPS) is 12.2. The first kappa shape index (κ1) is 15.4. The van der Waals surface area contributed by atoms with E-state index in [4.69, 9.17) is 0 Å². The molecule has 4 aromatic rings.